The van der Waals surface area contributed by atoms with Crippen molar-refractivity contribution >= 4 is 46.2 Å². The van der Waals surface area contributed by atoms with Gasteiger partial charge in [0.25, 0.3) is 5.91 Å². The lowest BCUT2D eigenvalue weighted by Crippen LogP contribution is -2.42. The van der Waals surface area contributed by atoms with Crippen molar-refractivity contribution in [1.82, 2.24) is 9.80 Å². The van der Waals surface area contributed by atoms with Crippen molar-refractivity contribution in [2.24, 2.45) is 0 Å². The fourth-order valence-electron chi connectivity index (χ4n) is 2.47. The quantitative estimate of drug-likeness (QED) is 0.549. The van der Waals surface area contributed by atoms with Crippen LogP contribution in [0.2, 0.25) is 0 Å². The number of thiocarbonyl (C=S) groups is 1. The maximum Gasteiger partial charge on any atom is 0.266 e. The van der Waals surface area contributed by atoms with Crippen molar-refractivity contribution in [2.75, 3.05) is 19.6 Å². The predicted octanol–water partition coefficient (Wildman–Crippen LogP) is 3.54. The summed E-state index contributed by atoms with van der Waals surface area (Å²) in [7, 11) is 0. The lowest BCUT2D eigenvalue weighted by atomic mass is 10.2. The van der Waals surface area contributed by atoms with Gasteiger partial charge in [-0.2, -0.15) is 0 Å². The first-order valence-electron chi connectivity index (χ1n) is 8.15. The van der Waals surface area contributed by atoms with Crippen LogP contribution in [0.25, 0.3) is 6.08 Å². The van der Waals surface area contributed by atoms with E-state index < -0.39 is 0 Å². The van der Waals surface area contributed by atoms with Gasteiger partial charge in [-0.15, -0.1) is 0 Å². The average Bonchev–Trinajstić information content (AvgIpc) is 2.83. The van der Waals surface area contributed by atoms with Gasteiger partial charge in [0.1, 0.15) is 10.9 Å². The van der Waals surface area contributed by atoms with Gasteiger partial charge in [-0.1, -0.05) is 68.2 Å². The van der Waals surface area contributed by atoms with Crippen LogP contribution in [0.15, 0.2) is 35.2 Å². The van der Waals surface area contributed by atoms with Crippen LogP contribution in [0.1, 0.15) is 32.3 Å². The summed E-state index contributed by atoms with van der Waals surface area (Å²) in [5.41, 5.74) is 0.947. The lowest BCUT2D eigenvalue weighted by Gasteiger charge is -2.24. The molecular formula is C18H22N2O2S2. The van der Waals surface area contributed by atoms with Crippen LogP contribution in [0.4, 0.5) is 0 Å². The van der Waals surface area contributed by atoms with Crippen molar-refractivity contribution in [1.29, 1.82) is 0 Å². The van der Waals surface area contributed by atoms with Gasteiger partial charge >= 0.3 is 0 Å². The minimum atomic E-state index is -0.185. The molecule has 0 N–H and O–H groups in total. The van der Waals surface area contributed by atoms with Gasteiger partial charge in [-0.3, -0.25) is 14.5 Å². The Hall–Kier alpha value is -1.66. The van der Waals surface area contributed by atoms with Gasteiger partial charge in [0.15, 0.2) is 0 Å². The van der Waals surface area contributed by atoms with E-state index in [1.807, 2.05) is 50.3 Å². The number of carbonyl (C=O) groups is 2. The number of rotatable bonds is 7. The molecule has 1 aliphatic rings. The van der Waals surface area contributed by atoms with E-state index in [0.29, 0.717) is 22.3 Å². The summed E-state index contributed by atoms with van der Waals surface area (Å²) >= 11 is 6.56. The summed E-state index contributed by atoms with van der Waals surface area (Å²) in [5.74, 6) is -0.230. The number of benzene rings is 1. The molecule has 1 aromatic rings. The monoisotopic (exact) mass is 362 g/mol. The number of carbonyl (C=O) groups excluding carboxylic acids is 2. The van der Waals surface area contributed by atoms with E-state index in [1.54, 1.807) is 4.90 Å². The molecule has 2 rings (SSSR count). The first-order valence-corrected chi connectivity index (χ1v) is 9.37. The van der Waals surface area contributed by atoms with Crippen LogP contribution in [0.5, 0.6) is 0 Å². The molecule has 1 aliphatic heterocycles. The van der Waals surface area contributed by atoms with Crippen molar-refractivity contribution < 1.29 is 9.59 Å². The second kappa shape index (κ2) is 8.99. The maximum atomic E-state index is 12.6. The molecule has 1 heterocycles. The maximum absolute atomic E-state index is 12.6. The molecule has 128 valence electrons. The molecule has 4 nitrogen and oxygen atoms in total. The molecule has 24 heavy (non-hydrogen) atoms. The van der Waals surface area contributed by atoms with E-state index in [2.05, 4.69) is 0 Å². The Morgan fingerprint density at radius 3 is 2.42 bits per heavy atom. The predicted molar refractivity (Wildman–Crippen MR) is 103 cm³/mol. The summed E-state index contributed by atoms with van der Waals surface area (Å²) in [6, 6.07) is 9.63. The number of hydrogen-bond donors (Lipinski definition) is 0. The summed E-state index contributed by atoms with van der Waals surface area (Å²) in [6.45, 7) is 5.52. The summed E-state index contributed by atoms with van der Waals surface area (Å²) in [4.78, 5) is 28.8. The third kappa shape index (κ3) is 4.68. The minimum Gasteiger partial charge on any atom is -0.341 e. The molecular weight excluding hydrogens is 340 g/mol. The summed E-state index contributed by atoms with van der Waals surface area (Å²) in [6.07, 6.45) is 3.62. The summed E-state index contributed by atoms with van der Waals surface area (Å²) in [5, 5.41) is 0. The molecule has 0 aliphatic carbocycles. The first-order chi connectivity index (χ1) is 11.6. The van der Waals surface area contributed by atoms with Gasteiger partial charge in [0.05, 0.1) is 4.91 Å². The second-order valence-electron chi connectivity index (χ2n) is 5.56. The lowest BCUT2D eigenvalue weighted by molar-refractivity contribution is -0.135. The SMILES string of the molecule is CCCN(CCC)C(=O)CN1C(=O)/C(=C/c2ccccc2)SC1=S. The van der Waals surface area contributed by atoms with E-state index in [4.69, 9.17) is 12.2 Å². The highest BCUT2D eigenvalue weighted by atomic mass is 32.2. The van der Waals surface area contributed by atoms with Crippen LogP contribution >= 0.6 is 24.0 Å². The standard InChI is InChI=1S/C18H22N2O2S2/c1-3-10-19(11-4-2)16(21)13-20-17(22)15(24-18(20)23)12-14-8-6-5-7-9-14/h5-9,12H,3-4,10-11,13H2,1-2H3/b15-12-. The van der Waals surface area contributed by atoms with Crippen molar-refractivity contribution in [3.05, 3.63) is 40.8 Å². The molecule has 1 aromatic carbocycles. The Bertz CT molecular complexity index is 638. The number of hydrogen-bond acceptors (Lipinski definition) is 4. The minimum absolute atomic E-state index is 0.0246. The van der Waals surface area contributed by atoms with Crippen LogP contribution in [-0.4, -0.2) is 45.6 Å². The molecule has 0 atom stereocenters. The molecule has 0 aromatic heterocycles. The molecule has 6 heteroatoms. The van der Waals surface area contributed by atoms with E-state index in [-0.39, 0.29) is 18.4 Å². The largest absolute Gasteiger partial charge is 0.341 e. The molecule has 1 saturated heterocycles. The molecule has 0 spiro atoms. The molecule has 0 unspecified atom stereocenters. The summed E-state index contributed by atoms with van der Waals surface area (Å²) < 4.78 is 0.448. The molecule has 1 fully saturated rings. The number of amides is 2. The van der Waals surface area contributed by atoms with Gasteiger partial charge in [0, 0.05) is 13.1 Å². The molecule has 2 amide bonds. The van der Waals surface area contributed by atoms with Crippen LogP contribution < -0.4 is 0 Å². The Kier molecular flexibility index (Phi) is 6.99. The van der Waals surface area contributed by atoms with Crippen LogP contribution in [0, 0.1) is 0 Å². The zero-order chi connectivity index (χ0) is 17.5. The number of nitrogens with zero attached hydrogens (tertiary/aromatic N) is 2. The van der Waals surface area contributed by atoms with E-state index in [0.717, 1.165) is 18.4 Å². The van der Waals surface area contributed by atoms with Gasteiger partial charge in [-0.25, -0.2) is 0 Å². The third-order valence-corrected chi connectivity index (χ3v) is 4.98. The Morgan fingerprint density at radius 1 is 1.21 bits per heavy atom. The molecule has 0 bridgehead atoms. The Morgan fingerprint density at radius 2 is 1.83 bits per heavy atom. The normalized spacial score (nSPS) is 16.1. The third-order valence-electron chi connectivity index (χ3n) is 3.60. The van der Waals surface area contributed by atoms with Crippen molar-refractivity contribution in [2.45, 2.75) is 26.7 Å². The first kappa shape index (κ1) is 18.7. The van der Waals surface area contributed by atoms with E-state index in [1.165, 1.54) is 16.7 Å². The van der Waals surface area contributed by atoms with Gasteiger partial charge < -0.3 is 4.90 Å². The van der Waals surface area contributed by atoms with Crippen molar-refractivity contribution in [3.63, 3.8) is 0 Å². The highest BCUT2D eigenvalue weighted by Crippen LogP contribution is 2.32. The van der Waals surface area contributed by atoms with Gasteiger partial charge in [-0.05, 0) is 24.5 Å². The highest BCUT2D eigenvalue weighted by Gasteiger charge is 2.34. The topological polar surface area (TPSA) is 40.6 Å². The molecule has 0 saturated carbocycles. The highest BCUT2D eigenvalue weighted by molar-refractivity contribution is 8.26. The fraction of sp³-hybridized carbons (Fsp3) is 0.389. The second-order valence-corrected chi connectivity index (χ2v) is 7.24. The zero-order valence-corrected chi connectivity index (χ0v) is 15.7. The zero-order valence-electron chi connectivity index (χ0n) is 14.0. The fourth-order valence-corrected chi connectivity index (χ4v) is 3.73. The average molecular weight is 363 g/mol. The van der Waals surface area contributed by atoms with E-state index in [9.17, 15) is 9.59 Å². The Balaban J connectivity index is 2.09. The van der Waals surface area contributed by atoms with Crippen LogP contribution in [0.3, 0.4) is 0 Å². The Labute approximate surface area is 152 Å². The smallest absolute Gasteiger partial charge is 0.266 e. The van der Waals surface area contributed by atoms with Crippen molar-refractivity contribution in [3.8, 4) is 0 Å². The molecule has 0 radical (unpaired) electrons. The van der Waals surface area contributed by atoms with Gasteiger partial charge in [0.2, 0.25) is 5.91 Å². The number of thioether (sulfide) groups is 1. The van der Waals surface area contributed by atoms with Crippen LogP contribution in [-0.2, 0) is 9.59 Å². The van der Waals surface area contributed by atoms with E-state index >= 15 is 0 Å².